The van der Waals surface area contributed by atoms with E-state index < -0.39 is 0 Å². The van der Waals surface area contributed by atoms with Gasteiger partial charge in [0.1, 0.15) is 0 Å². The molecule has 0 atom stereocenters. The first-order valence-electron chi connectivity index (χ1n) is 3.61. The van der Waals surface area contributed by atoms with Gasteiger partial charge >= 0.3 is 7.41 Å². The molecular formula is C8H8BN2. The molecule has 0 spiro atoms. The second kappa shape index (κ2) is 2.51. The second-order valence-corrected chi connectivity index (χ2v) is 2.50. The maximum absolute atomic E-state index is 5.50. The zero-order valence-corrected chi connectivity index (χ0v) is 6.12. The SMILES string of the molecule is NCC1=N[B]c2ccccc21. The van der Waals surface area contributed by atoms with Crippen LogP contribution in [-0.4, -0.2) is 19.7 Å². The fourth-order valence-corrected chi connectivity index (χ4v) is 1.25. The Bertz CT molecular complexity index is 307. The van der Waals surface area contributed by atoms with Crippen LogP contribution in [0.3, 0.4) is 0 Å². The van der Waals surface area contributed by atoms with Gasteiger partial charge in [0.15, 0.2) is 0 Å². The number of nitrogens with two attached hydrogens (primary N) is 1. The number of fused-ring (bicyclic) bond motifs is 1. The third kappa shape index (κ3) is 0.974. The van der Waals surface area contributed by atoms with Gasteiger partial charge in [-0.2, -0.15) is 0 Å². The van der Waals surface area contributed by atoms with Gasteiger partial charge in [0.05, 0.1) is 0 Å². The first kappa shape index (κ1) is 6.61. The van der Waals surface area contributed by atoms with Crippen molar-refractivity contribution in [3.63, 3.8) is 0 Å². The van der Waals surface area contributed by atoms with Crippen LogP contribution in [0.2, 0.25) is 0 Å². The van der Waals surface area contributed by atoms with Crippen LogP contribution >= 0.6 is 0 Å². The molecule has 0 saturated carbocycles. The average molecular weight is 143 g/mol. The Balaban J connectivity index is 2.48. The molecule has 0 bridgehead atoms. The molecule has 0 aromatic heterocycles. The molecule has 1 aliphatic heterocycles. The molecule has 1 aromatic carbocycles. The smallest absolute Gasteiger partial charge is 0.313 e. The van der Waals surface area contributed by atoms with Crippen molar-refractivity contribution in [2.45, 2.75) is 0 Å². The van der Waals surface area contributed by atoms with Crippen LogP contribution in [0.1, 0.15) is 5.56 Å². The standard InChI is InChI=1S/C8H8BN2/c10-5-8-6-3-1-2-4-7(6)9-11-8/h1-4H,5,10H2. The van der Waals surface area contributed by atoms with Crippen molar-refractivity contribution in [2.75, 3.05) is 6.54 Å². The van der Waals surface area contributed by atoms with Crippen molar-refractivity contribution in [2.24, 2.45) is 10.6 Å². The van der Waals surface area contributed by atoms with E-state index in [4.69, 9.17) is 5.73 Å². The predicted octanol–water partition coefficient (Wildman–Crippen LogP) is -0.308. The maximum Gasteiger partial charge on any atom is 0.313 e. The lowest BCUT2D eigenvalue weighted by Crippen LogP contribution is -2.17. The molecule has 0 fully saturated rings. The van der Waals surface area contributed by atoms with Gasteiger partial charge in [0, 0.05) is 12.3 Å². The Morgan fingerprint density at radius 3 is 3.00 bits per heavy atom. The zero-order chi connectivity index (χ0) is 7.68. The molecule has 2 N–H and O–H groups in total. The van der Waals surface area contributed by atoms with Crippen molar-refractivity contribution in [1.29, 1.82) is 0 Å². The van der Waals surface area contributed by atoms with Gasteiger partial charge in [-0.15, -0.1) is 0 Å². The normalized spacial score (nSPS) is 13.7. The van der Waals surface area contributed by atoms with Crippen molar-refractivity contribution in [1.82, 2.24) is 0 Å². The van der Waals surface area contributed by atoms with Crippen molar-refractivity contribution in [3.05, 3.63) is 29.8 Å². The number of hydrogen-bond acceptors (Lipinski definition) is 2. The van der Waals surface area contributed by atoms with E-state index in [2.05, 4.69) is 4.90 Å². The van der Waals surface area contributed by atoms with Crippen LogP contribution in [0.4, 0.5) is 0 Å². The van der Waals surface area contributed by atoms with E-state index >= 15 is 0 Å². The number of benzene rings is 1. The average Bonchev–Trinajstić information content (AvgIpc) is 2.47. The van der Waals surface area contributed by atoms with E-state index in [1.54, 1.807) is 0 Å². The summed E-state index contributed by atoms with van der Waals surface area (Å²) in [5, 5.41) is 0. The van der Waals surface area contributed by atoms with Crippen molar-refractivity contribution >= 4 is 18.6 Å². The van der Waals surface area contributed by atoms with Gasteiger partial charge in [-0.05, 0) is 11.0 Å². The summed E-state index contributed by atoms with van der Waals surface area (Å²) in [7, 11) is 1.86. The highest BCUT2D eigenvalue weighted by Gasteiger charge is 2.13. The summed E-state index contributed by atoms with van der Waals surface area (Å²) in [6.45, 7) is 0.521. The lowest BCUT2D eigenvalue weighted by atomic mass is 9.84. The number of hydrogen-bond donors (Lipinski definition) is 1. The van der Waals surface area contributed by atoms with E-state index in [0.717, 1.165) is 5.71 Å². The summed E-state index contributed by atoms with van der Waals surface area (Å²) in [4.78, 5) is 4.19. The van der Waals surface area contributed by atoms with Gasteiger partial charge in [-0.25, -0.2) is 0 Å². The van der Waals surface area contributed by atoms with Gasteiger partial charge in [-0.1, -0.05) is 24.3 Å². The van der Waals surface area contributed by atoms with E-state index in [1.807, 2.05) is 31.7 Å². The molecule has 1 heterocycles. The molecule has 11 heavy (non-hydrogen) atoms. The molecule has 0 amide bonds. The van der Waals surface area contributed by atoms with Crippen LogP contribution in [0.5, 0.6) is 0 Å². The fourth-order valence-electron chi connectivity index (χ4n) is 1.25. The molecule has 2 nitrogen and oxygen atoms in total. The summed E-state index contributed by atoms with van der Waals surface area (Å²) < 4.78 is 0. The third-order valence-corrected chi connectivity index (χ3v) is 1.82. The quantitative estimate of drug-likeness (QED) is 0.538. The molecule has 0 aliphatic carbocycles. The minimum Gasteiger partial charge on any atom is -0.344 e. The van der Waals surface area contributed by atoms with E-state index in [0.29, 0.717) is 6.54 Å². The van der Waals surface area contributed by atoms with Crippen LogP contribution in [-0.2, 0) is 0 Å². The highest BCUT2D eigenvalue weighted by molar-refractivity contribution is 6.59. The van der Waals surface area contributed by atoms with E-state index in [1.165, 1.54) is 11.0 Å². The Morgan fingerprint density at radius 2 is 2.18 bits per heavy atom. The Kier molecular flexibility index (Phi) is 1.51. The maximum atomic E-state index is 5.50. The van der Waals surface area contributed by atoms with Crippen molar-refractivity contribution in [3.8, 4) is 0 Å². The molecule has 1 aromatic rings. The molecule has 0 unspecified atom stereocenters. The van der Waals surface area contributed by atoms with E-state index in [9.17, 15) is 0 Å². The summed E-state index contributed by atoms with van der Waals surface area (Å²) in [6.07, 6.45) is 0. The third-order valence-electron chi connectivity index (χ3n) is 1.82. The molecule has 0 saturated heterocycles. The highest BCUT2D eigenvalue weighted by atomic mass is 14.7. The highest BCUT2D eigenvalue weighted by Crippen LogP contribution is 2.03. The molecule has 53 valence electrons. The minimum absolute atomic E-state index is 0.521. The van der Waals surface area contributed by atoms with E-state index in [-0.39, 0.29) is 0 Å². The number of rotatable bonds is 1. The Morgan fingerprint density at radius 1 is 1.36 bits per heavy atom. The molecule has 2 rings (SSSR count). The first-order valence-corrected chi connectivity index (χ1v) is 3.61. The molecule has 1 radical (unpaired) electrons. The predicted molar refractivity (Wildman–Crippen MR) is 47.4 cm³/mol. The zero-order valence-electron chi connectivity index (χ0n) is 6.12. The monoisotopic (exact) mass is 143 g/mol. The Labute approximate surface area is 66.4 Å². The van der Waals surface area contributed by atoms with Gasteiger partial charge in [-0.3, -0.25) is 0 Å². The molecule has 3 heteroatoms. The second-order valence-electron chi connectivity index (χ2n) is 2.50. The van der Waals surface area contributed by atoms with Gasteiger partial charge < -0.3 is 10.6 Å². The Hall–Kier alpha value is -1.09. The lowest BCUT2D eigenvalue weighted by Gasteiger charge is -1.98. The topological polar surface area (TPSA) is 38.4 Å². The van der Waals surface area contributed by atoms with Gasteiger partial charge in [0.2, 0.25) is 0 Å². The van der Waals surface area contributed by atoms with Crippen LogP contribution < -0.4 is 11.2 Å². The minimum atomic E-state index is 0.521. The number of nitrogens with zero attached hydrogens (tertiary/aromatic N) is 1. The fraction of sp³-hybridized carbons (Fsp3) is 0.125. The summed E-state index contributed by atoms with van der Waals surface area (Å²) in [6, 6.07) is 8.10. The van der Waals surface area contributed by atoms with Crippen LogP contribution in [0.25, 0.3) is 0 Å². The summed E-state index contributed by atoms with van der Waals surface area (Å²) >= 11 is 0. The van der Waals surface area contributed by atoms with Crippen molar-refractivity contribution < 1.29 is 0 Å². The molecular weight excluding hydrogens is 135 g/mol. The van der Waals surface area contributed by atoms with Crippen LogP contribution in [0, 0.1) is 0 Å². The molecule has 1 aliphatic rings. The van der Waals surface area contributed by atoms with Gasteiger partial charge in [0.25, 0.3) is 0 Å². The largest absolute Gasteiger partial charge is 0.344 e. The summed E-state index contributed by atoms with van der Waals surface area (Å²) in [5.41, 5.74) is 8.83. The summed E-state index contributed by atoms with van der Waals surface area (Å²) in [5.74, 6) is 0. The lowest BCUT2D eigenvalue weighted by molar-refractivity contribution is 1.31. The first-order chi connectivity index (χ1) is 5.42. The van der Waals surface area contributed by atoms with Crippen LogP contribution in [0.15, 0.2) is 29.2 Å².